The predicted octanol–water partition coefficient (Wildman–Crippen LogP) is 7.85. The lowest BCUT2D eigenvalue weighted by Gasteiger charge is -2.29. The molecular formula is C47H44F3N5O5. The smallest absolute Gasteiger partial charge is 0.416 e. The highest BCUT2D eigenvalue weighted by atomic mass is 19.4. The molecular weight excluding hydrogens is 772 g/mol. The Morgan fingerprint density at radius 1 is 0.983 bits per heavy atom. The molecule has 10 nitrogen and oxygen atoms in total. The molecule has 3 heterocycles. The van der Waals surface area contributed by atoms with Crippen LogP contribution in [0.25, 0.3) is 10.8 Å². The minimum atomic E-state index is -4.44. The van der Waals surface area contributed by atoms with E-state index in [9.17, 15) is 32.3 Å². The van der Waals surface area contributed by atoms with Gasteiger partial charge in [0.25, 0.3) is 11.8 Å². The van der Waals surface area contributed by atoms with Crippen molar-refractivity contribution in [3.05, 3.63) is 136 Å². The van der Waals surface area contributed by atoms with Gasteiger partial charge in [0.15, 0.2) is 0 Å². The number of rotatable bonds is 12. The van der Waals surface area contributed by atoms with Crippen LogP contribution in [0.5, 0.6) is 11.5 Å². The molecule has 60 heavy (non-hydrogen) atoms. The molecule has 4 aromatic carbocycles. The number of carbonyl (C=O) groups excluding carboxylic acids is 4. The van der Waals surface area contributed by atoms with Gasteiger partial charge in [-0.2, -0.15) is 13.2 Å². The minimum Gasteiger partial charge on any atom is -0.457 e. The number of alkyl halides is 3. The molecule has 2 N–H and O–H groups in total. The van der Waals surface area contributed by atoms with Crippen LogP contribution in [-0.2, 0) is 28.9 Å². The average molecular weight is 816 g/mol. The molecule has 308 valence electrons. The predicted molar refractivity (Wildman–Crippen MR) is 220 cm³/mol. The molecule has 0 bridgehead atoms. The number of nitrogens with zero attached hydrogens (tertiary/aromatic N) is 3. The number of hydrogen-bond acceptors (Lipinski definition) is 7. The van der Waals surface area contributed by atoms with E-state index in [4.69, 9.17) is 9.72 Å². The van der Waals surface area contributed by atoms with Crippen LogP contribution >= 0.6 is 0 Å². The number of halogens is 3. The van der Waals surface area contributed by atoms with Gasteiger partial charge in [0, 0.05) is 54.6 Å². The van der Waals surface area contributed by atoms with Crippen molar-refractivity contribution in [1.29, 1.82) is 0 Å². The van der Waals surface area contributed by atoms with Gasteiger partial charge in [-0.1, -0.05) is 30.0 Å². The lowest BCUT2D eigenvalue weighted by Crippen LogP contribution is -2.46. The van der Waals surface area contributed by atoms with Gasteiger partial charge in [-0.3, -0.25) is 24.3 Å². The first-order valence-electron chi connectivity index (χ1n) is 19.9. The minimum absolute atomic E-state index is 0.189. The van der Waals surface area contributed by atoms with Crippen LogP contribution in [0.15, 0.2) is 97.1 Å². The summed E-state index contributed by atoms with van der Waals surface area (Å²) in [7, 11) is 1.52. The molecule has 0 radical (unpaired) electrons. The molecule has 13 heteroatoms. The number of likely N-dealkylation sites (N-methyl/N-ethyl adjacent to an activating group) is 1. The Morgan fingerprint density at radius 3 is 2.48 bits per heavy atom. The molecule has 1 saturated heterocycles. The van der Waals surface area contributed by atoms with Crippen LogP contribution < -0.4 is 15.4 Å². The first-order valence-corrected chi connectivity index (χ1v) is 19.9. The molecule has 2 unspecified atom stereocenters. The zero-order valence-corrected chi connectivity index (χ0v) is 33.2. The van der Waals surface area contributed by atoms with Crippen molar-refractivity contribution in [3.8, 4) is 23.3 Å². The quantitative estimate of drug-likeness (QED) is 0.0973. The van der Waals surface area contributed by atoms with Gasteiger partial charge in [0.05, 0.1) is 23.0 Å². The number of benzene rings is 4. The summed E-state index contributed by atoms with van der Waals surface area (Å²) in [4.78, 5) is 58.8. The molecule has 3 amide bonds. The number of amides is 3. The molecule has 2 aliphatic rings. The number of fused-ring (bicyclic) bond motifs is 2. The van der Waals surface area contributed by atoms with E-state index in [-0.39, 0.29) is 48.3 Å². The number of likely N-dealkylation sites (tertiary alicyclic amines) is 1. The van der Waals surface area contributed by atoms with Crippen LogP contribution in [-0.4, -0.2) is 65.0 Å². The van der Waals surface area contributed by atoms with Crippen molar-refractivity contribution in [1.82, 2.24) is 25.4 Å². The summed E-state index contributed by atoms with van der Waals surface area (Å²) in [6, 6.07) is 25.3. The number of carbonyl (C=O) groups is 4. The van der Waals surface area contributed by atoms with Gasteiger partial charge < -0.3 is 25.1 Å². The van der Waals surface area contributed by atoms with Gasteiger partial charge in [0.2, 0.25) is 5.91 Å². The molecule has 5 aromatic rings. The topological polar surface area (TPSA) is 121 Å². The van der Waals surface area contributed by atoms with E-state index in [0.29, 0.717) is 35.4 Å². The van der Waals surface area contributed by atoms with Crippen LogP contribution in [0.1, 0.15) is 87.4 Å². The maximum Gasteiger partial charge on any atom is 0.416 e. The molecule has 0 spiro atoms. The summed E-state index contributed by atoms with van der Waals surface area (Å²) in [5.41, 5.74) is 3.51. The van der Waals surface area contributed by atoms with Crippen LogP contribution in [0.2, 0.25) is 0 Å². The van der Waals surface area contributed by atoms with E-state index in [2.05, 4.69) is 27.4 Å². The second-order valence-corrected chi connectivity index (χ2v) is 15.1. The summed E-state index contributed by atoms with van der Waals surface area (Å²) in [5.74, 6) is 6.89. The van der Waals surface area contributed by atoms with Crippen molar-refractivity contribution < 1.29 is 37.1 Å². The van der Waals surface area contributed by atoms with Crippen LogP contribution in [0, 0.1) is 17.8 Å². The maximum absolute atomic E-state index is 13.4. The Morgan fingerprint density at radius 2 is 1.75 bits per heavy atom. The fraction of sp³-hybridized carbons (Fsp3) is 0.298. The Hall–Kier alpha value is -6.52. The highest BCUT2D eigenvalue weighted by Crippen LogP contribution is 2.34. The Bertz CT molecular complexity index is 2470. The number of aromatic nitrogens is 1. The first-order chi connectivity index (χ1) is 28.9. The number of hydrogen-bond donors (Lipinski definition) is 2. The zero-order chi connectivity index (χ0) is 42.4. The standard InChI is InChI=1S/C47H44F3N5O5/c1-30(52-44(57)34-14-20-39-33(27-34)6-3-10-43(39)60-38-17-15-36(16-18-38)47(48,49)50)41-8-4-7-37(53-41)29-54-23-21-31(22-24-54)11-12-32-13-19-40-35(26-32)28-55(46(40)59)42(9-5-25-56)45(58)51-2/h3-4,6-8,10,13-20,25-27,30-31,42H,5,9,21-24,28-29H2,1-2H3,(H,51,58)(H,52,57). The molecule has 7 rings (SSSR count). The highest BCUT2D eigenvalue weighted by molar-refractivity contribution is 6.01. The van der Waals surface area contributed by atoms with E-state index in [1.165, 1.54) is 24.1 Å². The van der Waals surface area contributed by atoms with Crippen molar-refractivity contribution in [2.45, 2.75) is 64.0 Å². The van der Waals surface area contributed by atoms with Gasteiger partial charge in [-0.15, -0.1) is 0 Å². The number of nitrogens with one attached hydrogen (secondary N) is 2. The van der Waals surface area contributed by atoms with E-state index in [0.717, 1.165) is 72.3 Å². The second-order valence-electron chi connectivity index (χ2n) is 15.1. The third kappa shape index (κ3) is 9.67. The summed E-state index contributed by atoms with van der Waals surface area (Å²) >= 11 is 0. The zero-order valence-electron chi connectivity index (χ0n) is 33.2. The summed E-state index contributed by atoms with van der Waals surface area (Å²) in [5, 5.41) is 7.10. The lowest BCUT2D eigenvalue weighted by atomic mass is 9.96. The number of aldehydes is 1. The van der Waals surface area contributed by atoms with E-state index in [1.54, 1.807) is 36.4 Å². The van der Waals surface area contributed by atoms with E-state index < -0.39 is 17.8 Å². The summed E-state index contributed by atoms with van der Waals surface area (Å²) in [6.45, 7) is 4.55. The SMILES string of the molecule is CNC(=O)C(CCC=O)N1Cc2cc(C#CC3CCN(Cc4cccc(C(C)NC(=O)c5ccc6c(Oc7ccc(C(F)(F)F)cc7)cccc6c5)n4)CC3)ccc2C1=O. The Kier molecular flexibility index (Phi) is 12.6. The van der Waals surface area contributed by atoms with Crippen LogP contribution in [0.3, 0.4) is 0 Å². The Balaban J connectivity index is 0.912. The highest BCUT2D eigenvalue weighted by Gasteiger charge is 2.36. The normalized spacial score (nSPS) is 15.4. The van der Waals surface area contributed by atoms with Gasteiger partial charge in [-0.25, -0.2) is 0 Å². The molecule has 1 fully saturated rings. The van der Waals surface area contributed by atoms with Crippen molar-refractivity contribution in [2.24, 2.45) is 5.92 Å². The van der Waals surface area contributed by atoms with Crippen molar-refractivity contribution in [2.75, 3.05) is 20.1 Å². The average Bonchev–Trinajstić information content (AvgIpc) is 3.57. The number of ether oxygens (including phenoxy) is 1. The van der Waals surface area contributed by atoms with E-state index >= 15 is 0 Å². The molecule has 1 aromatic heterocycles. The molecule has 0 saturated carbocycles. The van der Waals surface area contributed by atoms with Crippen LogP contribution in [0.4, 0.5) is 13.2 Å². The molecule has 2 aliphatic heterocycles. The molecule has 2 atom stereocenters. The van der Waals surface area contributed by atoms with E-state index in [1.807, 2.05) is 43.3 Å². The van der Waals surface area contributed by atoms with Crippen molar-refractivity contribution in [3.63, 3.8) is 0 Å². The van der Waals surface area contributed by atoms with Gasteiger partial charge >= 0.3 is 6.18 Å². The monoisotopic (exact) mass is 815 g/mol. The fourth-order valence-corrected chi connectivity index (χ4v) is 7.65. The molecule has 0 aliphatic carbocycles. The maximum atomic E-state index is 13.4. The number of piperidine rings is 1. The van der Waals surface area contributed by atoms with Gasteiger partial charge in [0.1, 0.15) is 23.8 Å². The first kappa shape index (κ1) is 41.6. The summed E-state index contributed by atoms with van der Waals surface area (Å²) < 4.78 is 44.9. The third-order valence-electron chi connectivity index (χ3n) is 10.9. The third-order valence-corrected chi connectivity index (χ3v) is 10.9. The largest absolute Gasteiger partial charge is 0.457 e. The lowest BCUT2D eigenvalue weighted by molar-refractivity contribution is -0.137. The Labute approximate surface area is 346 Å². The van der Waals surface area contributed by atoms with Gasteiger partial charge in [-0.05, 0) is 129 Å². The summed E-state index contributed by atoms with van der Waals surface area (Å²) in [6.07, 6.45) is -1.43. The number of pyridine rings is 1. The second kappa shape index (κ2) is 18.2. The fourth-order valence-electron chi connectivity index (χ4n) is 7.65. The van der Waals surface area contributed by atoms with Crippen molar-refractivity contribution >= 4 is 34.8 Å².